The summed E-state index contributed by atoms with van der Waals surface area (Å²) in [5.74, 6) is -0.420. The first kappa shape index (κ1) is 25.4. The molecule has 2 aromatic carbocycles. The molecule has 0 bridgehead atoms. The lowest BCUT2D eigenvalue weighted by Crippen LogP contribution is -2.12. The van der Waals surface area contributed by atoms with Gasteiger partial charge >= 0.3 is 12.1 Å². The van der Waals surface area contributed by atoms with Gasteiger partial charge in [-0.05, 0) is 61.1 Å². The van der Waals surface area contributed by atoms with E-state index < -0.39 is 18.3 Å². The van der Waals surface area contributed by atoms with Crippen LogP contribution in [0.2, 0.25) is 0 Å². The third-order valence-corrected chi connectivity index (χ3v) is 5.22. The molecule has 1 N–H and O–H groups in total. The Bertz CT molecular complexity index is 910. The number of aliphatic hydroxyl groups excluding tert-OH is 1. The first-order valence-electron chi connectivity index (χ1n) is 10.0. The molecule has 0 radical (unpaired) electrons. The van der Waals surface area contributed by atoms with Crippen molar-refractivity contribution in [2.75, 3.05) is 20.8 Å². The Morgan fingerprint density at radius 2 is 1.81 bits per heavy atom. The van der Waals surface area contributed by atoms with E-state index in [-0.39, 0.29) is 34.9 Å². The van der Waals surface area contributed by atoms with Crippen LogP contribution in [0.1, 0.15) is 30.4 Å². The molecule has 1 saturated carbocycles. The van der Waals surface area contributed by atoms with Gasteiger partial charge in [0.05, 0.1) is 32.3 Å². The fraction of sp³-hybridized carbons (Fsp3) is 0.375. The predicted octanol–water partition coefficient (Wildman–Crippen LogP) is 5.50. The summed E-state index contributed by atoms with van der Waals surface area (Å²) < 4.78 is 60.7. The maximum Gasteiger partial charge on any atom is 0.416 e. The van der Waals surface area contributed by atoms with Crippen molar-refractivity contribution in [1.29, 1.82) is 0 Å². The zero-order valence-corrected chi connectivity index (χ0v) is 17.9. The lowest BCUT2D eigenvalue weighted by molar-refractivity contribution is -0.145. The fourth-order valence-electron chi connectivity index (χ4n) is 3.61. The molecule has 2 atom stereocenters. The Morgan fingerprint density at radius 3 is 2.31 bits per heavy atom. The highest BCUT2D eigenvalue weighted by Gasteiger charge is 2.32. The average molecular weight is 454 g/mol. The number of halogens is 4. The number of esters is 1. The van der Waals surface area contributed by atoms with Crippen LogP contribution in [0.5, 0.6) is 5.75 Å². The van der Waals surface area contributed by atoms with Gasteiger partial charge in [0.15, 0.2) is 0 Å². The summed E-state index contributed by atoms with van der Waals surface area (Å²) in [6.07, 6.45) is -0.819. The van der Waals surface area contributed by atoms with Crippen LogP contribution in [0.25, 0.3) is 5.57 Å². The van der Waals surface area contributed by atoms with E-state index in [1.807, 2.05) is 0 Å². The van der Waals surface area contributed by atoms with Crippen LogP contribution in [0.4, 0.5) is 17.6 Å². The van der Waals surface area contributed by atoms with Gasteiger partial charge in [-0.15, -0.1) is 0 Å². The summed E-state index contributed by atoms with van der Waals surface area (Å²) >= 11 is 0. The smallest absolute Gasteiger partial charge is 0.416 e. The molecule has 0 amide bonds. The molecule has 1 fully saturated rings. The number of aliphatic hydroxyl groups is 1. The SMILES string of the molecule is COC(=O)[C@H]1CC[C@@H](/C=C(\CO)c2cc(C(F)(F)F)ccc2OC)C1.Fc1ccccc1. The van der Waals surface area contributed by atoms with Gasteiger partial charge in [-0.2, -0.15) is 13.2 Å². The van der Waals surface area contributed by atoms with E-state index in [4.69, 9.17) is 9.47 Å². The Balaban J connectivity index is 0.000000439. The van der Waals surface area contributed by atoms with Crippen molar-refractivity contribution in [3.8, 4) is 5.75 Å². The molecule has 2 aromatic rings. The number of hydrogen-bond donors (Lipinski definition) is 1. The van der Waals surface area contributed by atoms with Crippen molar-refractivity contribution in [3.63, 3.8) is 0 Å². The third-order valence-electron chi connectivity index (χ3n) is 5.22. The van der Waals surface area contributed by atoms with E-state index in [0.717, 1.165) is 12.1 Å². The first-order valence-corrected chi connectivity index (χ1v) is 10.0. The van der Waals surface area contributed by atoms with Crippen LogP contribution in [0.3, 0.4) is 0 Å². The molecule has 0 saturated heterocycles. The van der Waals surface area contributed by atoms with Crippen molar-refractivity contribution in [3.05, 3.63) is 71.6 Å². The van der Waals surface area contributed by atoms with Crippen LogP contribution in [0, 0.1) is 17.7 Å². The van der Waals surface area contributed by atoms with Gasteiger partial charge in [-0.1, -0.05) is 24.3 Å². The maximum absolute atomic E-state index is 13.0. The number of carbonyl (C=O) groups is 1. The Morgan fingerprint density at radius 1 is 1.12 bits per heavy atom. The van der Waals surface area contributed by atoms with Crippen LogP contribution in [0.15, 0.2) is 54.6 Å². The Labute approximate surface area is 184 Å². The molecule has 0 heterocycles. The number of hydrogen-bond acceptors (Lipinski definition) is 4. The van der Waals surface area contributed by atoms with Gasteiger partial charge in [0.25, 0.3) is 0 Å². The molecule has 3 rings (SSSR count). The molecule has 8 heteroatoms. The van der Waals surface area contributed by atoms with Crippen molar-refractivity contribution in [2.45, 2.75) is 25.4 Å². The highest BCUT2D eigenvalue weighted by atomic mass is 19.4. The molecule has 1 aliphatic rings. The maximum atomic E-state index is 13.0. The largest absolute Gasteiger partial charge is 0.496 e. The molecule has 174 valence electrons. The Kier molecular flexibility index (Phi) is 9.26. The van der Waals surface area contributed by atoms with Gasteiger partial charge in [0, 0.05) is 5.56 Å². The first-order chi connectivity index (χ1) is 15.2. The summed E-state index contributed by atoms with van der Waals surface area (Å²) in [5, 5.41) is 9.68. The van der Waals surface area contributed by atoms with E-state index in [9.17, 15) is 27.5 Å². The molecular formula is C24H26F4O4. The van der Waals surface area contributed by atoms with Crippen molar-refractivity contribution in [1.82, 2.24) is 0 Å². The molecular weight excluding hydrogens is 428 g/mol. The number of ether oxygens (including phenoxy) is 2. The highest BCUT2D eigenvalue weighted by molar-refractivity contribution is 5.74. The van der Waals surface area contributed by atoms with Gasteiger partial charge in [-0.3, -0.25) is 4.79 Å². The molecule has 32 heavy (non-hydrogen) atoms. The molecule has 1 aliphatic carbocycles. The number of alkyl halides is 3. The van der Waals surface area contributed by atoms with Crippen molar-refractivity contribution in [2.24, 2.45) is 11.8 Å². The monoisotopic (exact) mass is 454 g/mol. The van der Waals surface area contributed by atoms with Gasteiger partial charge in [0.1, 0.15) is 11.6 Å². The molecule has 0 aliphatic heterocycles. The second-order valence-electron chi connectivity index (χ2n) is 7.35. The number of allylic oxidation sites excluding steroid dienone is 1. The van der Waals surface area contributed by atoms with Crippen LogP contribution < -0.4 is 4.74 Å². The molecule has 0 unspecified atom stereocenters. The summed E-state index contributed by atoms with van der Waals surface area (Å²) in [5.41, 5.74) is -0.235. The predicted molar refractivity (Wildman–Crippen MR) is 112 cm³/mol. The van der Waals surface area contributed by atoms with Crippen LogP contribution in [-0.2, 0) is 15.7 Å². The minimum absolute atomic E-state index is 0.00880. The topological polar surface area (TPSA) is 55.8 Å². The van der Waals surface area contributed by atoms with E-state index >= 15 is 0 Å². The van der Waals surface area contributed by atoms with Gasteiger partial charge in [-0.25, -0.2) is 4.39 Å². The lowest BCUT2D eigenvalue weighted by Gasteiger charge is -2.15. The Hall–Kier alpha value is -2.87. The second-order valence-corrected chi connectivity index (χ2v) is 7.35. The molecule has 0 spiro atoms. The van der Waals surface area contributed by atoms with E-state index in [1.165, 1.54) is 32.4 Å². The second kappa shape index (κ2) is 11.7. The fourth-order valence-corrected chi connectivity index (χ4v) is 3.61. The summed E-state index contributed by atoms with van der Waals surface area (Å²) in [6, 6.07) is 11.1. The summed E-state index contributed by atoms with van der Waals surface area (Å²) in [4.78, 5) is 11.6. The van der Waals surface area contributed by atoms with E-state index in [0.29, 0.717) is 24.8 Å². The summed E-state index contributed by atoms with van der Waals surface area (Å²) in [7, 11) is 2.70. The number of rotatable bonds is 5. The van der Waals surface area contributed by atoms with Crippen molar-refractivity contribution >= 4 is 11.5 Å². The molecule has 4 nitrogen and oxygen atoms in total. The standard InChI is InChI=1S/C18H21F3O4.C6H5F/c1-24-16-6-5-14(18(19,20)21)9-15(16)13(10-22)8-11-3-4-12(7-11)17(23)25-2;7-6-4-2-1-3-5-6/h5-6,8-9,11-12,22H,3-4,7,10H2,1-2H3;1-5H/b13-8+;/t11-,12+;/m1./s1. The molecule has 0 aromatic heterocycles. The van der Waals surface area contributed by atoms with Crippen LogP contribution in [-0.4, -0.2) is 31.9 Å². The van der Waals surface area contributed by atoms with Gasteiger partial charge in [0.2, 0.25) is 0 Å². The minimum atomic E-state index is -4.48. The van der Waals surface area contributed by atoms with Gasteiger partial charge < -0.3 is 14.6 Å². The van der Waals surface area contributed by atoms with Crippen molar-refractivity contribution < 1.29 is 36.9 Å². The number of methoxy groups -OCH3 is 2. The highest BCUT2D eigenvalue weighted by Crippen LogP contribution is 2.38. The lowest BCUT2D eigenvalue weighted by atomic mass is 9.96. The zero-order chi connectivity index (χ0) is 23.7. The third kappa shape index (κ3) is 7.09. The van der Waals surface area contributed by atoms with E-state index in [1.54, 1.807) is 24.3 Å². The normalized spacial score (nSPS) is 18.5. The average Bonchev–Trinajstić information content (AvgIpc) is 3.25. The zero-order valence-electron chi connectivity index (χ0n) is 17.9. The summed E-state index contributed by atoms with van der Waals surface area (Å²) in [6.45, 7) is -0.420. The quantitative estimate of drug-likeness (QED) is 0.479. The van der Waals surface area contributed by atoms with Crippen LogP contribution >= 0.6 is 0 Å². The number of carbonyl (C=O) groups excluding carboxylic acids is 1. The minimum Gasteiger partial charge on any atom is -0.496 e. The number of benzene rings is 2. The van der Waals surface area contributed by atoms with E-state index in [2.05, 4.69) is 0 Å².